The monoisotopic (exact) mass is 286 g/mol. The fraction of sp³-hybridized carbons (Fsp3) is 0.200. The van der Waals surface area contributed by atoms with Crippen LogP contribution in [0.4, 0.5) is 0 Å². The van der Waals surface area contributed by atoms with E-state index in [0.29, 0.717) is 22.5 Å². The molecule has 21 heavy (non-hydrogen) atoms. The second-order valence-corrected chi connectivity index (χ2v) is 4.82. The van der Waals surface area contributed by atoms with Gasteiger partial charge in [-0.3, -0.25) is 14.4 Å². The number of aromatic hydroxyl groups is 1. The van der Waals surface area contributed by atoms with Gasteiger partial charge >= 0.3 is 0 Å². The third kappa shape index (κ3) is 2.14. The topological polar surface area (TPSA) is 95.1 Å². The Kier molecular flexibility index (Phi) is 3.32. The zero-order valence-corrected chi connectivity index (χ0v) is 11.1. The molecule has 0 saturated carbocycles. The van der Waals surface area contributed by atoms with E-state index in [1.165, 1.54) is 10.8 Å². The second kappa shape index (κ2) is 5.16. The number of fused-ring (bicyclic) bond motifs is 3. The maximum atomic E-state index is 12.2. The van der Waals surface area contributed by atoms with E-state index in [1.807, 2.05) is 0 Å². The van der Waals surface area contributed by atoms with Crippen molar-refractivity contribution in [1.29, 1.82) is 0 Å². The minimum Gasteiger partial charge on any atom is -0.494 e. The van der Waals surface area contributed by atoms with E-state index in [-0.39, 0.29) is 24.8 Å². The number of aliphatic hydroxyl groups excluding tert-OH is 2. The number of hydrogen-bond acceptors (Lipinski definition) is 5. The van der Waals surface area contributed by atoms with Gasteiger partial charge < -0.3 is 15.3 Å². The van der Waals surface area contributed by atoms with E-state index < -0.39 is 6.10 Å². The number of rotatable bonds is 4. The molecule has 0 amide bonds. The molecule has 1 aromatic heterocycles. The molecule has 0 bridgehead atoms. The van der Waals surface area contributed by atoms with Crippen LogP contribution in [0.1, 0.15) is 21.6 Å². The highest BCUT2D eigenvalue weighted by Gasteiger charge is 2.30. The SMILES string of the molecule is O=C1c2ccccc2-n2c1cc(C=NCC(O)CO)c2O. The first-order valence-corrected chi connectivity index (χ1v) is 6.51. The van der Waals surface area contributed by atoms with E-state index in [0.717, 1.165) is 0 Å². The van der Waals surface area contributed by atoms with E-state index in [1.54, 1.807) is 30.3 Å². The van der Waals surface area contributed by atoms with Crippen LogP contribution < -0.4 is 0 Å². The van der Waals surface area contributed by atoms with Crippen molar-refractivity contribution in [3.63, 3.8) is 0 Å². The first-order chi connectivity index (χ1) is 10.1. The van der Waals surface area contributed by atoms with Gasteiger partial charge in [0.15, 0.2) is 0 Å². The Morgan fingerprint density at radius 2 is 2.10 bits per heavy atom. The predicted octanol–water partition coefficient (Wildman–Crippen LogP) is 0.499. The van der Waals surface area contributed by atoms with Gasteiger partial charge in [0.2, 0.25) is 11.7 Å². The summed E-state index contributed by atoms with van der Waals surface area (Å²) >= 11 is 0. The van der Waals surface area contributed by atoms with Gasteiger partial charge in [0.25, 0.3) is 0 Å². The van der Waals surface area contributed by atoms with E-state index >= 15 is 0 Å². The fourth-order valence-electron chi connectivity index (χ4n) is 2.35. The van der Waals surface area contributed by atoms with Gasteiger partial charge in [-0.25, -0.2) is 0 Å². The van der Waals surface area contributed by atoms with Crippen LogP contribution in [0, 0.1) is 0 Å². The molecule has 108 valence electrons. The van der Waals surface area contributed by atoms with Crippen molar-refractivity contribution in [2.75, 3.05) is 13.2 Å². The van der Waals surface area contributed by atoms with E-state index in [2.05, 4.69) is 4.99 Å². The van der Waals surface area contributed by atoms with Crippen LogP contribution in [0.5, 0.6) is 5.88 Å². The van der Waals surface area contributed by atoms with Crippen molar-refractivity contribution >= 4 is 12.0 Å². The Morgan fingerprint density at radius 1 is 1.33 bits per heavy atom. The van der Waals surface area contributed by atoms with Gasteiger partial charge in [0.1, 0.15) is 0 Å². The molecule has 1 unspecified atom stereocenters. The predicted molar refractivity (Wildman–Crippen MR) is 76.4 cm³/mol. The summed E-state index contributed by atoms with van der Waals surface area (Å²) in [5.41, 5.74) is 1.99. The van der Waals surface area contributed by atoms with Crippen molar-refractivity contribution in [3.8, 4) is 11.6 Å². The highest BCUT2D eigenvalue weighted by Crippen LogP contribution is 2.35. The summed E-state index contributed by atoms with van der Waals surface area (Å²) in [7, 11) is 0. The molecule has 0 fully saturated rings. The number of nitrogens with zero attached hydrogens (tertiary/aromatic N) is 2. The Balaban J connectivity index is 1.96. The number of ketones is 1. The molecule has 3 N–H and O–H groups in total. The van der Waals surface area contributed by atoms with Crippen LogP contribution in [-0.4, -0.2) is 51.1 Å². The molecule has 2 aromatic rings. The van der Waals surface area contributed by atoms with Crippen LogP contribution in [-0.2, 0) is 0 Å². The van der Waals surface area contributed by atoms with Gasteiger partial charge in [-0.1, -0.05) is 12.1 Å². The van der Waals surface area contributed by atoms with Crippen LogP contribution in [0.15, 0.2) is 35.3 Å². The molecule has 6 heteroatoms. The first-order valence-electron chi connectivity index (χ1n) is 6.51. The van der Waals surface area contributed by atoms with Gasteiger partial charge in [0.05, 0.1) is 36.2 Å². The maximum absolute atomic E-state index is 12.2. The highest BCUT2D eigenvalue weighted by molar-refractivity contribution is 6.15. The summed E-state index contributed by atoms with van der Waals surface area (Å²) in [5.74, 6) is -0.207. The molecule has 6 nitrogen and oxygen atoms in total. The largest absolute Gasteiger partial charge is 0.494 e. The van der Waals surface area contributed by atoms with Crippen LogP contribution in [0.25, 0.3) is 5.69 Å². The van der Waals surface area contributed by atoms with Crippen LogP contribution in [0.3, 0.4) is 0 Å². The normalized spacial score (nSPS) is 14.5. The molecule has 3 rings (SSSR count). The van der Waals surface area contributed by atoms with Crippen molar-refractivity contribution in [2.45, 2.75) is 6.10 Å². The number of para-hydroxylation sites is 1. The van der Waals surface area contributed by atoms with Crippen molar-refractivity contribution in [2.24, 2.45) is 4.99 Å². The van der Waals surface area contributed by atoms with Gasteiger partial charge in [0, 0.05) is 11.8 Å². The molecular formula is C15H14N2O4. The number of hydrogen-bond donors (Lipinski definition) is 3. The van der Waals surface area contributed by atoms with Crippen LogP contribution >= 0.6 is 0 Å². The summed E-state index contributed by atoms with van der Waals surface area (Å²) in [6.45, 7) is -0.345. The minimum atomic E-state index is -0.930. The molecule has 0 aliphatic carbocycles. The molecule has 0 spiro atoms. The molecule has 1 aliphatic rings. The van der Waals surface area contributed by atoms with E-state index in [9.17, 15) is 15.0 Å². The number of carbonyl (C=O) groups is 1. The Bertz CT molecular complexity index is 733. The number of aromatic nitrogens is 1. The molecule has 1 aliphatic heterocycles. The van der Waals surface area contributed by atoms with Crippen molar-refractivity contribution < 1.29 is 20.1 Å². The van der Waals surface area contributed by atoms with Gasteiger partial charge in [-0.05, 0) is 18.2 Å². The summed E-state index contributed by atoms with van der Waals surface area (Å²) in [6.07, 6.45) is 0.454. The molecule has 0 saturated heterocycles. The van der Waals surface area contributed by atoms with E-state index in [4.69, 9.17) is 5.11 Å². The number of carbonyl (C=O) groups excluding carboxylic acids is 1. The lowest BCUT2D eigenvalue weighted by molar-refractivity contribution is 0.102. The number of benzene rings is 1. The Labute approximate surface area is 120 Å². The lowest BCUT2D eigenvalue weighted by Crippen LogP contribution is -2.15. The van der Waals surface area contributed by atoms with Crippen molar-refractivity contribution in [3.05, 3.63) is 47.2 Å². The molecule has 1 atom stereocenters. The molecular weight excluding hydrogens is 272 g/mol. The Morgan fingerprint density at radius 3 is 2.86 bits per heavy atom. The van der Waals surface area contributed by atoms with Crippen LogP contribution in [0.2, 0.25) is 0 Å². The Hall–Kier alpha value is -2.44. The fourth-order valence-corrected chi connectivity index (χ4v) is 2.35. The smallest absolute Gasteiger partial charge is 0.211 e. The zero-order chi connectivity index (χ0) is 15.0. The first kappa shape index (κ1) is 13.5. The molecule has 1 aromatic carbocycles. The molecule has 0 radical (unpaired) electrons. The lowest BCUT2D eigenvalue weighted by atomic mass is 10.1. The number of aliphatic imine (C=N–C) groups is 1. The summed E-state index contributed by atoms with van der Waals surface area (Å²) in [5, 5.41) is 28.2. The number of aliphatic hydroxyl groups is 2. The summed E-state index contributed by atoms with van der Waals surface area (Å²) in [6, 6.07) is 8.62. The maximum Gasteiger partial charge on any atom is 0.211 e. The third-order valence-corrected chi connectivity index (χ3v) is 3.38. The van der Waals surface area contributed by atoms with Gasteiger partial charge in [-0.2, -0.15) is 0 Å². The zero-order valence-electron chi connectivity index (χ0n) is 11.1. The third-order valence-electron chi connectivity index (χ3n) is 3.38. The molecule has 2 heterocycles. The summed E-state index contributed by atoms with van der Waals surface area (Å²) < 4.78 is 1.49. The average Bonchev–Trinajstić information content (AvgIpc) is 2.97. The quantitative estimate of drug-likeness (QED) is 0.609. The second-order valence-electron chi connectivity index (χ2n) is 4.82. The highest BCUT2D eigenvalue weighted by atomic mass is 16.3. The van der Waals surface area contributed by atoms with Crippen molar-refractivity contribution in [1.82, 2.24) is 4.57 Å². The lowest BCUT2D eigenvalue weighted by Gasteiger charge is -2.03. The standard InChI is InChI=1S/C15H14N2O4/c18-8-10(19)7-16-6-9-5-13-14(20)11-3-1-2-4-12(11)17(13)15(9)21/h1-6,10,18-19,21H,7-8H2. The minimum absolute atomic E-state index is 0.0288. The summed E-state index contributed by atoms with van der Waals surface area (Å²) in [4.78, 5) is 16.2. The van der Waals surface area contributed by atoms with Gasteiger partial charge in [-0.15, -0.1) is 0 Å². The average molecular weight is 286 g/mol.